The summed E-state index contributed by atoms with van der Waals surface area (Å²) in [7, 11) is 0. The Bertz CT molecular complexity index is 707. The van der Waals surface area contributed by atoms with Gasteiger partial charge in [0.15, 0.2) is 0 Å². The molecule has 0 saturated carbocycles. The maximum atomic E-state index is 12.4. The number of carbonyl (C=O) groups excluding carboxylic acids is 1. The second-order valence-corrected chi connectivity index (χ2v) is 4.85. The van der Waals surface area contributed by atoms with Crippen LogP contribution in [-0.4, -0.2) is 25.0 Å². The Morgan fingerprint density at radius 1 is 1.14 bits per heavy atom. The van der Waals surface area contributed by atoms with E-state index in [4.69, 9.17) is 4.74 Å². The number of anilines is 1. The van der Waals surface area contributed by atoms with Crippen LogP contribution in [0.2, 0.25) is 0 Å². The van der Waals surface area contributed by atoms with Crippen molar-refractivity contribution in [1.82, 2.24) is 0 Å². The Balaban J connectivity index is 1.89. The molecule has 1 N–H and O–H groups in total. The molecule has 1 aliphatic rings. The van der Waals surface area contributed by atoms with Crippen LogP contribution in [0.25, 0.3) is 0 Å². The van der Waals surface area contributed by atoms with E-state index in [-0.39, 0.29) is 5.91 Å². The van der Waals surface area contributed by atoms with Crippen LogP contribution in [0.3, 0.4) is 0 Å². The van der Waals surface area contributed by atoms with E-state index < -0.39 is 0 Å². The van der Waals surface area contributed by atoms with Crippen LogP contribution in [0.5, 0.6) is 0 Å². The summed E-state index contributed by atoms with van der Waals surface area (Å²) in [5.41, 5.74) is 3.15. The molecule has 3 rings (SSSR count). The number of carbonyl (C=O) groups is 1. The Labute approximate surface area is 123 Å². The maximum Gasteiger partial charge on any atom is 0.255 e. The van der Waals surface area contributed by atoms with E-state index >= 15 is 0 Å². The van der Waals surface area contributed by atoms with Gasteiger partial charge in [-0.3, -0.25) is 4.79 Å². The second kappa shape index (κ2) is 5.79. The molecule has 0 radical (unpaired) electrons. The zero-order chi connectivity index (χ0) is 14.7. The summed E-state index contributed by atoms with van der Waals surface area (Å²) in [5.74, 6) is 0.467. The lowest BCUT2D eigenvalue weighted by molar-refractivity contribution is 0.102. The first-order chi connectivity index (χ1) is 10.3. The van der Waals surface area contributed by atoms with Gasteiger partial charge in [0.25, 0.3) is 5.91 Å². The fourth-order valence-electron chi connectivity index (χ4n) is 2.29. The highest BCUT2D eigenvalue weighted by Gasteiger charge is 2.16. The number of aryl methyl sites for hydroxylation is 1. The zero-order valence-electron chi connectivity index (χ0n) is 11.8. The van der Waals surface area contributed by atoms with E-state index in [2.05, 4.69) is 10.3 Å². The minimum atomic E-state index is -0.126. The summed E-state index contributed by atoms with van der Waals surface area (Å²) in [4.78, 5) is 16.7. The van der Waals surface area contributed by atoms with Crippen molar-refractivity contribution in [2.45, 2.75) is 6.92 Å². The van der Waals surface area contributed by atoms with Gasteiger partial charge >= 0.3 is 0 Å². The van der Waals surface area contributed by atoms with Gasteiger partial charge in [-0.25, -0.2) is 4.99 Å². The van der Waals surface area contributed by atoms with Crippen molar-refractivity contribution in [2.24, 2.45) is 4.99 Å². The quantitative estimate of drug-likeness (QED) is 0.939. The van der Waals surface area contributed by atoms with Crippen molar-refractivity contribution in [2.75, 3.05) is 18.5 Å². The van der Waals surface area contributed by atoms with Gasteiger partial charge in [-0.2, -0.15) is 0 Å². The predicted molar refractivity (Wildman–Crippen MR) is 82.9 cm³/mol. The Morgan fingerprint density at radius 3 is 2.67 bits per heavy atom. The van der Waals surface area contributed by atoms with Gasteiger partial charge in [-0.15, -0.1) is 0 Å². The van der Waals surface area contributed by atoms with Crippen LogP contribution in [0.15, 0.2) is 53.5 Å². The smallest absolute Gasteiger partial charge is 0.255 e. The first-order valence-corrected chi connectivity index (χ1v) is 6.89. The standard InChI is InChI=1S/C17H16N2O2/c1-12-6-2-3-7-13(12)16(20)19-15-9-5-4-8-14(15)17-18-10-11-21-17/h2-9H,10-11H2,1H3,(H,19,20). The average molecular weight is 280 g/mol. The van der Waals surface area contributed by atoms with Gasteiger partial charge < -0.3 is 10.1 Å². The van der Waals surface area contributed by atoms with Crippen molar-refractivity contribution < 1.29 is 9.53 Å². The lowest BCUT2D eigenvalue weighted by Gasteiger charge is -2.11. The molecule has 4 heteroatoms. The molecule has 2 aromatic carbocycles. The number of nitrogens with one attached hydrogen (secondary N) is 1. The van der Waals surface area contributed by atoms with Crippen molar-refractivity contribution in [3.8, 4) is 0 Å². The SMILES string of the molecule is Cc1ccccc1C(=O)Nc1ccccc1C1=NCCO1. The van der Waals surface area contributed by atoms with E-state index in [1.807, 2.05) is 55.5 Å². The summed E-state index contributed by atoms with van der Waals surface area (Å²) in [5, 5.41) is 2.94. The summed E-state index contributed by atoms with van der Waals surface area (Å²) in [6.07, 6.45) is 0. The fourth-order valence-corrected chi connectivity index (χ4v) is 2.29. The third-order valence-corrected chi connectivity index (χ3v) is 3.38. The third-order valence-electron chi connectivity index (χ3n) is 3.38. The highest BCUT2D eigenvalue weighted by molar-refractivity contribution is 6.09. The lowest BCUT2D eigenvalue weighted by Crippen LogP contribution is -2.16. The van der Waals surface area contributed by atoms with Gasteiger partial charge in [0, 0.05) is 5.56 Å². The van der Waals surface area contributed by atoms with Gasteiger partial charge in [-0.1, -0.05) is 30.3 Å². The number of rotatable bonds is 3. The molecule has 1 amide bonds. The number of aliphatic imine (C=N–C) groups is 1. The highest BCUT2D eigenvalue weighted by atomic mass is 16.5. The predicted octanol–water partition coefficient (Wildman–Crippen LogP) is 3.02. The molecule has 4 nitrogen and oxygen atoms in total. The molecule has 0 fully saturated rings. The van der Waals surface area contributed by atoms with Gasteiger partial charge in [0.05, 0.1) is 17.8 Å². The largest absolute Gasteiger partial charge is 0.475 e. The molecule has 0 spiro atoms. The second-order valence-electron chi connectivity index (χ2n) is 4.85. The number of amides is 1. The zero-order valence-corrected chi connectivity index (χ0v) is 11.8. The minimum absolute atomic E-state index is 0.126. The Morgan fingerprint density at radius 2 is 1.90 bits per heavy atom. The van der Waals surface area contributed by atoms with Crippen molar-refractivity contribution in [3.63, 3.8) is 0 Å². The molecule has 2 aromatic rings. The summed E-state index contributed by atoms with van der Waals surface area (Å²) in [6.45, 7) is 3.18. The molecule has 21 heavy (non-hydrogen) atoms. The fraction of sp³-hybridized carbons (Fsp3) is 0.176. The number of para-hydroxylation sites is 1. The molecule has 0 aromatic heterocycles. The number of nitrogens with zero attached hydrogens (tertiary/aromatic N) is 1. The molecule has 0 unspecified atom stereocenters. The molecule has 106 valence electrons. The molecular weight excluding hydrogens is 264 g/mol. The number of hydrogen-bond acceptors (Lipinski definition) is 3. The van der Waals surface area contributed by atoms with Crippen LogP contribution >= 0.6 is 0 Å². The first-order valence-electron chi connectivity index (χ1n) is 6.89. The van der Waals surface area contributed by atoms with Crippen molar-refractivity contribution in [1.29, 1.82) is 0 Å². The van der Waals surface area contributed by atoms with Crippen LogP contribution in [0, 0.1) is 6.92 Å². The Hall–Kier alpha value is -2.62. The number of hydrogen-bond donors (Lipinski definition) is 1. The third kappa shape index (κ3) is 2.79. The summed E-state index contributed by atoms with van der Waals surface area (Å²) < 4.78 is 5.49. The Kier molecular flexibility index (Phi) is 3.69. The summed E-state index contributed by atoms with van der Waals surface area (Å²) >= 11 is 0. The highest BCUT2D eigenvalue weighted by Crippen LogP contribution is 2.20. The van der Waals surface area contributed by atoms with Crippen LogP contribution < -0.4 is 5.32 Å². The van der Waals surface area contributed by atoms with Gasteiger partial charge in [-0.05, 0) is 30.7 Å². The maximum absolute atomic E-state index is 12.4. The van der Waals surface area contributed by atoms with E-state index in [0.29, 0.717) is 30.3 Å². The van der Waals surface area contributed by atoms with E-state index in [9.17, 15) is 4.79 Å². The molecule has 1 aliphatic heterocycles. The first kappa shape index (κ1) is 13.4. The average Bonchev–Trinajstić information content (AvgIpc) is 3.02. The van der Waals surface area contributed by atoms with Crippen LogP contribution in [0.4, 0.5) is 5.69 Å². The van der Waals surface area contributed by atoms with E-state index in [1.165, 1.54) is 0 Å². The number of ether oxygens (including phenoxy) is 1. The van der Waals surface area contributed by atoms with Crippen molar-refractivity contribution in [3.05, 3.63) is 65.2 Å². The summed E-state index contributed by atoms with van der Waals surface area (Å²) in [6, 6.07) is 15.1. The molecule has 1 heterocycles. The van der Waals surface area contributed by atoms with Crippen LogP contribution in [0.1, 0.15) is 21.5 Å². The van der Waals surface area contributed by atoms with Crippen molar-refractivity contribution >= 4 is 17.5 Å². The van der Waals surface area contributed by atoms with Gasteiger partial charge in [0.2, 0.25) is 5.90 Å². The topological polar surface area (TPSA) is 50.7 Å². The molecule has 0 bridgehead atoms. The van der Waals surface area contributed by atoms with Crippen LogP contribution in [-0.2, 0) is 4.74 Å². The van der Waals surface area contributed by atoms with E-state index in [1.54, 1.807) is 0 Å². The molecule has 0 atom stereocenters. The monoisotopic (exact) mass is 280 g/mol. The number of benzene rings is 2. The van der Waals surface area contributed by atoms with E-state index in [0.717, 1.165) is 11.1 Å². The normalized spacial score (nSPS) is 13.5. The lowest BCUT2D eigenvalue weighted by atomic mass is 10.1. The molecule has 0 saturated heterocycles. The molecule has 0 aliphatic carbocycles. The van der Waals surface area contributed by atoms with Gasteiger partial charge in [0.1, 0.15) is 6.61 Å². The minimum Gasteiger partial charge on any atom is -0.475 e. The molecular formula is C17H16N2O2.